The molecule has 2 aromatic carbocycles. The Morgan fingerprint density at radius 1 is 1.07 bits per heavy atom. The van der Waals surface area contributed by atoms with Crippen LogP contribution in [0.2, 0.25) is 0 Å². The van der Waals surface area contributed by atoms with E-state index in [0.29, 0.717) is 0 Å². The molecule has 5 nitrogen and oxygen atoms in total. The van der Waals surface area contributed by atoms with Gasteiger partial charge < -0.3 is 13.9 Å². The maximum Gasteiger partial charge on any atom is 0.453 e. The van der Waals surface area contributed by atoms with E-state index in [1.54, 1.807) is 12.1 Å². The molecule has 3 aromatic rings. The lowest BCUT2D eigenvalue weighted by atomic mass is 10.1. The molecular formula is C21H17F3O5. The van der Waals surface area contributed by atoms with Crippen LogP contribution in [-0.2, 0) is 17.4 Å². The molecule has 29 heavy (non-hydrogen) atoms. The minimum Gasteiger partial charge on any atom is -0.449 e. The van der Waals surface area contributed by atoms with Gasteiger partial charge in [0.25, 0.3) is 5.76 Å². The van der Waals surface area contributed by atoms with Crippen molar-refractivity contribution in [2.24, 2.45) is 0 Å². The van der Waals surface area contributed by atoms with Gasteiger partial charge in [-0.15, -0.1) is 0 Å². The second-order valence-corrected chi connectivity index (χ2v) is 6.33. The standard InChI is InChI=1S/C21H17F3O5/c1-3-4-13-5-7-14(8-6-13)28-19-18(26)16-10-9-15(27-12(2)25)11-17(16)29-20(19)21(22,23)24/h5-11H,3-4H2,1-2H3. The molecule has 1 aromatic heterocycles. The van der Waals surface area contributed by atoms with Crippen LogP contribution >= 0.6 is 0 Å². The van der Waals surface area contributed by atoms with Crippen molar-refractivity contribution in [1.82, 2.24) is 0 Å². The topological polar surface area (TPSA) is 65.7 Å². The first-order chi connectivity index (χ1) is 13.7. The van der Waals surface area contributed by atoms with Crippen molar-refractivity contribution < 1.29 is 31.9 Å². The van der Waals surface area contributed by atoms with Crippen LogP contribution in [0.1, 0.15) is 31.6 Å². The molecule has 0 unspecified atom stereocenters. The number of hydrogen-bond acceptors (Lipinski definition) is 5. The van der Waals surface area contributed by atoms with Crippen molar-refractivity contribution in [3.05, 3.63) is 64.0 Å². The molecule has 0 aliphatic heterocycles. The zero-order valence-corrected chi connectivity index (χ0v) is 15.6. The van der Waals surface area contributed by atoms with E-state index in [4.69, 9.17) is 13.9 Å². The number of carbonyl (C=O) groups is 1. The van der Waals surface area contributed by atoms with Gasteiger partial charge in [-0.25, -0.2) is 0 Å². The van der Waals surface area contributed by atoms with Crippen LogP contribution in [-0.4, -0.2) is 5.97 Å². The first-order valence-corrected chi connectivity index (χ1v) is 8.82. The number of benzene rings is 2. The molecular weight excluding hydrogens is 389 g/mol. The lowest BCUT2D eigenvalue weighted by Crippen LogP contribution is -2.15. The van der Waals surface area contributed by atoms with E-state index in [1.165, 1.54) is 24.3 Å². The van der Waals surface area contributed by atoms with Gasteiger partial charge in [0.2, 0.25) is 11.2 Å². The molecule has 0 spiro atoms. The van der Waals surface area contributed by atoms with Crippen molar-refractivity contribution in [3.8, 4) is 17.2 Å². The number of rotatable bonds is 5. The third kappa shape index (κ3) is 4.59. The third-order valence-corrected chi connectivity index (χ3v) is 4.02. The van der Waals surface area contributed by atoms with Crippen LogP contribution in [0.4, 0.5) is 13.2 Å². The summed E-state index contributed by atoms with van der Waals surface area (Å²) in [7, 11) is 0. The highest BCUT2D eigenvalue weighted by Crippen LogP contribution is 2.38. The molecule has 0 atom stereocenters. The van der Waals surface area contributed by atoms with Crippen molar-refractivity contribution in [2.45, 2.75) is 32.9 Å². The van der Waals surface area contributed by atoms with E-state index in [1.807, 2.05) is 6.92 Å². The van der Waals surface area contributed by atoms with Gasteiger partial charge in [0.05, 0.1) is 5.39 Å². The highest BCUT2D eigenvalue weighted by atomic mass is 19.4. The monoisotopic (exact) mass is 406 g/mol. The SMILES string of the molecule is CCCc1ccc(Oc2c(C(F)(F)F)oc3cc(OC(C)=O)ccc3c2=O)cc1. The Morgan fingerprint density at radius 2 is 1.72 bits per heavy atom. The molecule has 0 fully saturated rings. The second kappa shape index (κ2) is 7.98. The molecule has 1 heterocycles. The van der Waals surface area contributed by atoms with Crippen LogP contribution in [0, 0.1) is 0 Å². The van der Waals surface area contributed by atoms with E-state index in [9.17, 15) is 22.8 Å². The van der Waals surface area contributed by atoms with E-state index in [0.717, 1.165) is 31.4 Å². The molecule has 0 aliphatic carbocycles. The normalized spacial score (nSPS) is 11.5. The van der Waals surface area contributed by atoms with Crippen LogP contribution < -0.4 is 14.9 Å². The number of halogens is 3. The average molecular weight is 406 g/mol. The molecule has 0 amide bonds. The van der Waals surface area contributed by atoms with Crippen LogP contribution in [0.3, 0.4) is 0 Å². The Labute approximate surface area is 163 Å². The number of fused-ring (bicyclic) bond motifs is 1. The zero-order chi connectivity index (χ0) is 21.2. The summed E-state index contributed by atoms with van der Waals surface area (Å²) in [4.78, 5) is 23.8. The number of aryl methyl sites for hydroxylation is 1. The van der Waals surface area contributed by atoms with Gasteiger partial charge in [0.1, 0.15) is 17.1 Å². The predicted octanol–water partition coefficient (Wildman–Crippen LogP) is 5.48. The summed E-state index contributed by atoms with van der Waals surface area (Å²) in [5.41, 5.74) is -0.350. The van der Waals surface area contributed by atoms with Crippen molar-refractivity contribution in [3.63, 3.8) is 0 Å². The van der Waals surface area contributed by atoms with Gasteiger partial charge in [-0.3, -0.25) is 9.59 Å². The number of esters is 1. The summed E-state index contributed by atoms with van der Waals surface area (Å²) in [5, 5.41) is -0.133. The lowest BCUT2D eigenvalue weighted by molar-refractivity contribution is -0.154. The first-order valence-electron chi connectivity index (χ1n) is 8.82. The first kappa shape index (κ1) is 20.4. The second-order valence-electron chi connectivity index (χ2n) is 6.33. The zero-order valence-electron chi connectivity index (χ0n) is 15.6. The molecule has 0 aliphatic rings. The fraction of sp³-hybridized carbons (Fsp3) is 0.238. The van der Waals surface area contributed by atoms with E-state index >= 15 is 0 Å². The van der Waals surface area contributed by atoms with Crippen LogP contribution in [0.25, 0.3) is 11.0 Å². The minimum atomic E-state index is -4.97. The predicted molar refractivity (Wildman–Crippen MR) is 99.3 cm³/mol. The lowest BCUT2D eigenvalue weighted by Gasteiger charge is -2.13. The minimum absolute atomic E-state index is 0.0403. The van der Waals surface area contributed by atoms with E-state index < -0.39 is 29.1 Å². The Kier molecular flexibility index (Phi) is 5.63. The van der Waals surface area contributed by atoms with E-state index in [2.05, 4.69) is 0 Å². The highest BCUT2D eigenvalue weighted by molar-refractivity contribution is 5.81. The number of carbonyl (C=O) groups excluding carboxylic acids is 1. The van der Waals surface area contributed by atoms with Gasteiger partial charge in [-0.2, -0.15) is 13.2 Å². The Bertz CT molecular complexity index is 1100. The Balaban J connectivity index is 2.10. The maximum atomic E-state index is 13.5. The van der Waals surface area contributed by atoms with Crippen LogP contribution in [0.15, 0.2) is 51.7 Å². The summed E-state index contributed by atoms with van der Waals surface area (Å²) >= 11 is 0. The van der Waals surface area contributed by atoms with Gasteiger partial charge in [0, 0.05) is 13.0 Å². The largest absolute Gasteiger partial charge is 0.453 e. The fourth-order valence-corrected chi connectivity index (χ4v) is 2.80. The summed E-state index contributed by atoms with van der Waals surface area (Å²) in [6.07, 6.45) is -3.23. The van der Waals surface area contributed by atoms with Gasteiger partial charge in [0.15, 0.2) is 0 Å². The van der Waals surface area contributed by atoms with Crippen LogP contribution in [0.5, 0.6) is 17.2 Å². The Hall–Kier alpha value is -3.29. The maximum absolute atomic E-state index is 13.5. The number of alkyl halides is 3. The Morgan fingerprint density at radius 3 is 2.31 bits per heavy atom. The fourth-order valence-electron chi connectivity index (χ4n) is 2.80. The number of hydrogen-bond donors (Lipinski definition) is 0. The van der Waals surface area contributed by atoms with E-state index in [-0.39, 0.29) is 22.5 Å². The van der Waals surface area contributed by atoms with Crippen molar-refractivity contribution in [1.29, 1.82) is 0 Å². The average Bonchev–Trinajstić information content (AvgIpc) is 2.64. The third-order valence-electron chi connectivity index (χ3n) is 4.02. The molecule has 3 rings (SSSR count). The van der Waals surface area contributed by atoms with Gasteiger partial charge in [-0.05, 0) is 36.2 Å². The molecule has 0 saturated heterocycles. The van der Waals surface area contributed by atoms with Crippen molar-refractivity contribution in [2.75, 3.05) is 0 Å². The quantitative estimate of drug-likeness (QED) is 0.415. The summed E-state index contributed by atoms with van der Waals surface area (Å²) in [5.74, 6) is -3.13. The summed E-state index contributed by atoms with van der Waals surface area (Å²) in [6.45, 7) is 3.15. The van der Waals surface area contributed by atoms with Gasteiger partial charge >= 0.3 is 12.1 Å². The molecule has 8 heteroatoms. The smallest absolute Gasteiger partial charge is 0.449 e. The van der Waals surface area contributed by atoms with Gasteiger partial charge in [-0.1, -0.05) is 25.5 Å². The summed E-state index contributed by atoms with van der Waals surface area (Å²) < 4.78 is 55.7. The molecule has 152 valence electrons. The molecule has 0 radical (unpaired) electrons. The molecule has 0 bridgehead atoms. The van der Waals surface area contributed by atoms with Crippen molar-refractivity contribution >= 4 is 16.9 Å². The highest BCUT2D eigenvalue weighted by Gasteiger charge is 2.40. The number of ether oxygens (including phenoxy) is 2. The molecule has 0 N–H and O–H groups in total. The summed E-state index contributed by atoms with van der Waals surface area (Å²) in [6, 6.07) is 10.0. The molecule has 0 saturated carbocycles.